The maximum atomic E-state index is 13.0. The minimum absolute atomic E-state index is 0.157. The Morgan fingerprint density at radius 1 is 1.38 bits per heavy atom. The summed E-state index contributed by atoms with van der Waals surface area (Å²) in [4.78, 5) is 25.2. The predicted molar refractivity (Wildman–Crippen MR) is 71.2 cm³/mol. The Hall–Kier alpha value is -2.57. The SMILES string of the molecule is O=C(c1ccncn1)N1CCC(Oc2cccc(F)n2)C1. The molecule has 1 aliphatic heterocycles. The van der Waals surface area contributed by atoms with Crippen molar-refractivity contribution in [2.45, 2.75) is 12.5 Å². The molecule has 1 amide bonds. The molecule has 1 fully saturated rings. The highest BCUT2D eigenvalue weighted by molar-refractivity contribution is 5.92. The van der Waals surface area contributed by atoms with Gasteiger partial charge in [0.25, 0.3) is 5.91 Å². The molecule has 1 saturated heterocycles. The summed E-state index contributed by atoms with van der Waals surface area (Å²) < 4.78 is 18.6. The number of likely N-dealkylation sites (tertiary alicyclic amines) is 1. The summed E-state index contributed by atoms with van der Waals surface area (Å²) in [6.07, 6.45) is 3.36. The third kappa shape index (κ3) is 3.13. The maximum Gasteiger partial charge on any atom is 0.272 e. The largest absolute Gasteiger partial charge is 0.472 e. The summed E-state index contributed by atoms with van der Waals surface area (Å²) in [6, 6.07) is 5.96. The fraction of sp³-hybridized carbons (Fsp3) is 0.286. The number of aromatic nitrogens is 3. The van der Waals surface area contributed by atoms with Crippen LogP contribution >= 0.6 is 0 Å². The van der Waals surface area contributed by atoms with Crippen LogP contribution in [-0.2, 0) is 0 Å². The number of rotatable bonds is 3. The molecule has 0 saturated carbocycles. The van der Waals surface area contributed by atoms with E-state index in [0.717, 1.165) is 0 Å². The van der Waals surface area contributed by atoms with Crippen molar-refractivity contribution in [1.82, 2.24) is 19.9 Å². The highest BCUT2D eigenvalue weighted by Crippen LogP contribution is 2.18. The molecule has 1 unspecified atom stereocenters. The molecule has 3 heterocycles. The van der Waals surface area contributed by atoms with Crippen LogP contribution in [0, 0.1) is 5.95 Å². The topological polar surface area (TPSA) is 68.2 Å². The lowest BCUT2D eigenvalue weighted by molar-refractivity contribution is 0.0765. The van der Waals surface area contributed by atoms with Gasteiger partial charge >= 0.3 is 0 Å². The number of nitrogens with zero attached hydrogens (tertiary/aromatic N) is 4. The van der Waals surface area contributed by atoms with Crippen LogP contribution in [-0.4, -0.2) is 45.0 Å². The number of hydrogen-bond acceptors (Lipinski definition) is 5. The lowest BCUT2D eigenvalue weighted by Gasteiger charge is -2.16. The van der Waals surface area contributed by atoms with E-state index in [2.05, 4.69) is 15.0 Å². The molecule has 0 radical (unpaired) electrons. The van der Waals surface area contributed by atoms with Crippen LogP contribution in [0.5, 0.6) is 5.88 Å². The molecule has 21 heavy (non-hydrogen) atoms. The first-order chi connectivity index (χ1) is 10.2. The van der Waals surface area contributed by atoms with Gasteiger partial charge < -0.3 is 9.64 Å². The maximum absolute atomic E-state index is 13.0. The monoisotopic (exact) mass is 288 g/mol. The van der Waals surface area contributed by atoms with E-state index < -0.39 is 5.95 Å². The molecule has 1 atom stereocenters. The summed E-state index contributed by atoms with van der Waals surface area (Å²) in [7, 11) is 0. The van der Waals surface area contributed by atoms with E-state index in [1.165, 1.54) is 24.7 Å². The van der Waals surface area contributed by atoms with Gasteiger partial charge in [0, 0.05) is 25.2 Å². The number of ether oxygens (including phenoxy) is 1. The van der Waals surface area contributed by atoms with Crippen molar-refractivity contribution in [2.24, 2.45) is 0 Å². The summed E-state index contributed by atoms with van der Waals surface area (Å²) in [5, 5.41) is 0. The van der Waals surface area contributed by atoms with E-state index in [-0.39, 0.29) is 17.9 Å². The number of hydrogen-bond donors (Lipinski definition) is 0. The Balaban J connectivity index is 1.62. The summed E-state index contributed by atoms with van der Waals surface area (Å²) in [5.41, 5.74) is 0.356. The molecule has 0 bridgehead atoms. The third-order valence-electron chi connectivity index (χ3n) is 3.21. The van der Waals surface area contributed by atoms with Crippen LogP contribution in [0.15, 0.2) is 36.8 Å². The summed E-state index contributed by atoms with van der Waals surface area (Å²) in [6.45, 7) is 1.00. The van der Waals surface area contributed by atoms with Crippen molar-refractivity contribution in [2.75, 3.05) is 13.1 Å². The average molecular weight is 288 g/mol. The normalized spacial score (nSPS) is 17.8. The molecule has 0 aromatic carbocycles. The zero-order valence-corrected chi connectivity index (χ0v) is 11.1. The van der Waals surface area contributed by atoms with Crippen molar-refractivity contribution in [3.05, 3.63) is 48.4 Å². The molecular weight excluding hydrogens is 275 g/mol. The van der Waals surface area contributed by atoms with E-state index in [4.69, 9.17) is 4.74 Å². The molecule has 1 aliphatic rings. The number of amides is 1. The number of carbonyl (C=O) groups excluding carboxylic acids is 1. The van der Waals surface area contributed by atoms with Gasteiger partial charge in [0.05, 0.1) is 6.54 Å². The number of pyridine rings is 1. The quantitative estimate of drug-likeness (QED) is 0.796. The highest BCUT2D eigenvalue weighted by atomic mass is 19.1. The van der Waals surface area contributed by atoms with Gasteiger partial charge in [0.2, 0.25) is 11.8 Å². The second-order valence-corrected chi connectivity index (χ2v) is 4.67. The Morgan fingerprint density at radius 3 is 3.05 bits per heavy atom. The zero-order valence-electron chi connectivity index (χ0n) is 11.1. The first kappa shape index (κ1) is 13.4. The molecule has 2 aromatic heterocycles. The van der Waals surface area contributed by atoms with Crippen LogP contribution in [0.1, 0.15) is 16.9 Å². The van der Waals surface area contributed by atoms with E-state index in [1.807, 2.05) is 0 Å². The average Bonchev–Trinajstić information content (AvgIpc) is 2.96. The molecule has 108 valence electrons. The van der Waals surface area contributed by atoms with Crippen LogP contribution in [0.2, 0.25) is 0 Å². The smallest absolute Gasteiger partial charge is 0.272 e. The van der Waals surface area contributed by atoms with Crippen LogP contribution in [0.25, 0.3) is 0 Å². The lowest BCUT2D eigenvalue weighted by atomic mass is 10.3. The Labute approximate surface area is 120 Å². The van der Waals surface area contributed by atoms with Gasteiger partial charge in [-0.1, -0.05) is 6.07 Å². The molecule has 3 rings (SSSR count). The minimum atomic E-state index is -0.584. The fourth-order valence-electron chi connectivity index (χ4n) is 2.21. The molecule has 7 heteroatoms. The van der Waals surface area contributed by atoms with Crippen LogP contribution in [0.3, 0.4) is 0 Å². The first-order valence-electron chi connectivity index (χ1n) is 6.57. The van der Waals surface area contributed by atoms with Gasteiger partial charge in [0.1, 0.15) is 18.1 Å². The second kappa shape index (κ2) is 5.82. The molecule has 0 spiro atoms. The van der Waals surface area contributed by atoms with Crippen molar-refractivity contribution in [3.63, 3.8) is 0 Å². The summed E-state index contributed by atoms with van der Waals surface area (Å²) >= 11 is 0. The Kier molecular flexibility index (Phi) is 3.72. The Morgan fingerprint density at radius 2 is 2.29 bits per heavy atom. The number of carbonyl (C=O) groups is 1. The minimum Gasteiger partial charge on any atom is -0.472 e. The second-order valence-electron chi connectivity index (χ2n) is 4.67. The third-order valence-corrected chi connectivity index (χ3v) is 3.21. The van der Waals surface area contributed by atoms with Gasteiger partial charge in [-0.3, -0.25) is 4.79 Å². The fourth-order valence-corrected chi connectivity index (χ4v) is 2.21. The van der Waals surface area contributed by atoms with Gasteiger partial charge in [0.15, 0.2) is 0 Å². The van der Waals surface area contributed by atoms with Gasteiger partial charge in [-0.2, -0.15) is 9.37 Å². The van der Waals surface area contributed by atoms with E-state index >= 15 is 0 Å². The zero-order chi connectivity index (χ0) is 14.7. The first-order valence-corrected chi connectivity index (χ1v) is 6.57. The highest BCUT2D eigenvalue weighted by Gasteiger charge is 2.29. The van der Waals surface area contributed by atoms with E-state index in [9.17, 15) is 9.18 Å². The van der Waals surface area contributed by atoms with Crippen LogP contribution < -0.4 is 4.74 Å². The molecule has 2 aromatic rings. The van der Waals surface area contributed by atoms with E-state index in [0.29, 0.717) is 25.2 Å². The molecule has 0 aliphatic carbocycles. The standard InChI is InChI=1S/C14H13FN4O2/c15-12-2-1-3-13(18-12)21-10-5-7-19(8-10)14(20)11-4-6-16-9-17-11/h1-4,6,9-10H,5,7-8H2. The van der Waals surface area contributed by atoms with Gasteiger partial charge in [-0.15, -0.1) is 0 Å². The van der Waals surface area contributed by atoms with Crippen molar-refractivity contribution < 1.29 is 13.9 Å². The summed E-state index contributed by atoms with van der Waals surface area (Å²) in [5.74, 6) is -0.508. The van der Waals surface area contributed by atoms with Crippen molar-refractivity contribution >= 4 is 5.91 Å². The predicted octanol–water partition coefficient (Wildman–Crippen LogP) is 1.30. The number of halogens is 1. The Bertz CT molecular complexity index is 638. The lowest BCUT2D eigenvalue weighted by Crippen LogP contribution is -2.31. The molecule has 6 nitrogen and oxygen atoms in total. The molecular formula is C14H13FN4O2. The van der Waals surface area contributed by atoms with Crippen molar-refractivity contribution in [3.8, 4) is 5.88 Å². The van der Waals surface area contributed by atoms with Gasteiger partial charge in [-0.05, 0) is 12.1 Å². The van der Waals surface area contributed by atoms with Crippen molar-refractivity contribution in [1.29, 1.82) is 0 Å². The van der Waals surface area contributed by atoms with E-state index in [1.54, 1.807) is 17.0 Å². The molecule has 0 N–H and O–H groups in total. The van der Waals surface area contributed by atoms with Crippen LogP contribution in [0.4, 0.5) is 4.39 Å². The van der Waals surface area contributed by atoms with Gasteiger partial charge in [-0.25, -0.2) is 9.97 Å².